The molecule has 0 fully saturated rings. The molecule has 0 saturated heterocycles. The van der Waals surface area contributed by atoms with Crippen LogP contribution >= 0.6 is 0 Å². The third kappa shape index (κ3) is 7.37. The highest BCUT2D eigenvalue weighted by Gasteiger charge is 2.16. The van der Waals surface area contributed by atoms with Crippen LogP contribution in [0.1, 0.15) is 26.3 Å². The van der Waals surface area contributed by atoms with Crippen LogP contribution in [0.5, 0.6) is 11.6 Å². The lowest BCUT2D eigenvalue weighted by Crippen LogP contribution is -2.34. The molecule has 3 aromatic rings. The van der Waals surface area contributed by atoms with Gasteiger partial charge in [-0.15, -0.1) is 0 Å². The van der Waals surface area contributed by atoms with E-state index >= 15 is 0 Å². The van der Waals surface area contributed by atoms with Crippen LogP contribution in [-0.4, -0.2) is 41.9 Å². The number of nitrogens with one attached hydrogen (secondary N) is 2. The Hall–Kier alpha value is -3.82. The van der Waals surface area contributed by atoms with Crippen LogP contribution in [0.2, 0.25) is 0 Å². The zero-order valence-electron chi connectivity index (χ0n) is 19.0. The standard InChI is InChI=1S/C23H27FN4O5/c1-23(2,3)33-22(29)27-13-16(11-24)14-31-17-5-6-18-19(10-17)32-21(28-18)26-12-15-7-8-25-20(9-15)30-4/h5-11H,12-14H2,1-4H3,(H,26,28)(H,27,29)/b16-11-. The van der Waals surface area contributed by atoms with E-state index < -0.39 is 11.7 Å². The molecule has 2 heterocycles. The average Bonchev–Trinajstić information content (AvgIpc) is 3.19. The van der Waals surface area contributed by atoms with Crippen molar-refractivity contribution in [1.82, 2.24) is 15.3 Å². The fraction of sp³-hybridized carbons (Fsp3) is 0.348. The predicted octanol–water partition coefficient (Wildman–Crippen LogP) is 4.60. The molecule has 0 aliphatic heterocycles. The number of fused-ring (bicyclic) bond motifs is 1. The second-order valence-electron chi connectivity index (χ2n) is 8.12. The summed E-state index contributed by atoms with van der Waals surface area (Å²) < 4.78 is 34.8. The number of aromatic nitrogens is 2. The van der Waals surface area contributed by atoms with Crippen LogP contribution in [0.15, 0.2) is 52.8 Å². The van der Waals surface area contributed by atoms with Crippen LogP contribution < -0.4 is 20.1 Å². The highest BCUT2D eigenvalue weighted by molar-refractivity contribution is 5.76. The number of alkyl carbamates (subject to hydrolysis) is 1. The number of benzene rings is 1. The van der Waals surface area contributed by atoms with Gasteiger partial charge in [0, 0.05) is 37.0 Å². The molecule has 0 saturated carbocycles. The largest absolute Gasteiger partial charge is 0.489 e. The van der Waals surface area contributed by atoms with E-state index in [-0.39, 0.29) is 18.7 Å². The van der Waals surface area contributed by atoms with Gasteiger partial charge in [0.15, 0.2) is 5.58 Å². The molecule has 9 nitrogen and oxygen atoms in total. The summed E-state index contributed by atoms with van der Waals surface area (Å²) in [6.45, 7) is 5.63. The number of rotatable bonds is 9. The van der Waals surface area contributed by atoms with E-state index in [1.54, 1.807) is 52.3 Å². The van der Waals surface area contributed by atoms with E-state index in [4.69, 9.17) is 18.6 Å². The maximum Gasteiger partial charge on any atom is 0.407 e. The zero-order chi connectivity index (χ0) is 23.8. The first-order chi connectivity index (χ1) is 15.8. The van der Waals surface area contributed by atoms with Crippen molar-refractivity contribution in [3.8, 4) is 11.6 Å². The summed E-state index contributed by atoms with van der Waals surface area (Å²) in [6.07, 6.45) is 1.44. The molecule has 176 valence electrons. The van der Waals surface area contributed by atoms with Crippen molar-refractivity contribution in [3.63, 3.8) is 0 Å². The van der Waals surface area contributed by atoms with Crippen molar-refractivity contribution < 1.29 is 27.8 Å². The number of hydrogen-bond acceptors (Lipinski definition) is 8. The number of halogens is 1. The average molecular weight is 458 g/mol. The van der Waals surface area contributed by atoms with Gasteiger partial charge in [-0.05, 0) is 44.5 Å². The highest BCUT2D eigenvalue weighted by Crippen LogP contribution is 2.24. The molecule has 2 N–H and O–H groups in total. The number of methoxy groups -OCH3 is 1. The third-order valence-electron chi connectivity index (χ3n) is 4.25. The number of amides is 1. The number of carbonyl (C=O) groups is 1. The number of nitrogens with zero attached hydrogens (tertiary/aromatic N) is 2. The van der Waals surface area contributed by atoms with Crippen LogP contribution in [0.25, 0.3) is 11.1 Å². The van der Waals surface area contributed by atoms with Gasteiger partial charge < -0.3 is 29.3 Å². The summed E-state index contributed by atoms with van der Waals surface area (Å²) in [5.74, 6) is 0.998. The third-order valence-corrected chi connectivity index (χ3v) is 4.25. The molecule has 0 aliphatic rings. The molecule has 3 rings (SSSR count). The summed E-state index contributed by atoms with van der Waals surface area (Å²) in [4.78, 5) is 20.2. The molecule has 0 unspecified atom stereocenters. The number of carbonyl (C=O) groups excluding carboxylic acids is 1. The van der Waals surface area contributed by atoms with Gasteiger partial charge in [0.25, 0.3) is 6.01 Å². The number of hydrogen-bond donors (Lipinski definition) is 2. The Morgan fingerprint density at radius 2 is 2.06 bits per heavy atom. The summed E-state index contributed by atoms with van der Waals surface area (Å²) in [6, 6.07) is 9.14. The molecule has 0 atom stereocenters. The maximum absolute atomic E-state index is 13.2. The molecule has 0 spiro atoms. The van der Waals surface area contributed by atoms with Crippen molar-refractivity contribution in [2.45, 2.75) is 32.9 Å². The Balaban J connectivity index is 1.54. The fourth-order valence-corrected chi connectivity index (χ4v) is 2.72. The van der Waals surface area contributed by atoms with Crippen molar-refractivity contribution in [2.75, 3.05) is 25.6 Å². The molecule has 10 heteroatoms. The second-order valence-corrected chi connectivity index (χ2v) is 8.12. The summed E-state index contributed by atoms with van der Waals surface area (Å²) in [7, 11) is 1.56. The second kappa shape index (κ2) is 10.7. The van der Waals surface area contributed by atoms with Crippen LogP contribution in [-0.2, 0) is 11.3 Å². The van der Waals surface area contributed by atoms with E-state index in [9.17, 15) is 9.18 Å². The Labute approximate surface area is 190 Å². The lowest BCUT2D eigenvalue weighted by molar-refractivity contribution is 0.0531. The molecule has 0 aliphatic carbocycles. The Morgan fingerprint density at radius 1 is 1.24 bits per heavy atom. The lowest BCUT2D eigenvalue weighted by Gasteiger charge is -2.20. The van der Waals surface area contributed by atoms with E-state index in [1.165, 1.54) is 0 Å². The number of pyridine rings is 1. The Morgan fingerprint density at radius 3 is 2.79 bits per heavy atom. The molecular weight excluding hydrogens is 431 g/mol. The van der Waals surface area contributed by atoms with Gasteiger partial charge in [0.1, 0.15) is 23.5 Å². The van der Waals surface area contributed by atoms with E-state index in [1.807, 2.05) is 12.1 Å². The molecule has 2 aromatic heterocycles. The summed E-state index contributed by atoms with van der Waals surface area (Å²) in [5, 5.41) is 5.61. The van der Waals surface area contributed by atoms with Gasteiger partial charge in [0.05, 0.1) is 13.4 Å². The number of oxazole rings is 1. The summed E-state index contributed by atoms with van der Waals surface area (Å²) >= 11 is 0. The first-order valence-corrected chi connectivity index (χ1v) is 10.3. The van der Waals surface area contributed by atoms with Crippen LogP contribution in [0, 0.1) is 0 Å². The van der Waals surface area contributed by atoms with Crippen molar-refractivity contribution in [1.29, 1.82) is 0 Å². The molecule has 1 amide bonds. The zero-order valence-corrected chi connectivity index (χ0v) is 19.0. The Kier molecular flexibility index (Phi) is 7.70. The predicted molar refractivity (Wildman–Crippen MR) is 121 cm³/mol. The number of ether oxygens (including phenoxy) is 3. The number of anilines is 1. The van der Waals surface area contributed by atoms with Gasteiger partial charge >= 0.3 is 6.09 Å². The minimum absolute atomic E-state index is 0.0379. The minimum Gasteiger partial charge on any atom is -0.489 e. The monoisotopic (exact) mass is 458 g/mol. The smallest absolute Gasteiger partial charge is 0.407 e. The first kappa shape index (κ1) is 23.8. The van der Waals surface area contributed by atoms with Gasteiger partial charge in [-0.3, -0.25) is 0 Å². The van der Waals surface area contributed by atoms with Crippen molar-refractivity contribution in [3.05, 3.63) is 54.0 Å². The van der Waals surface area contributed by atoms with E-state index in [0.29, 0.717) is 41.6 Å². The van der Waals surface area contributed by atoms with Crippen LogP contribution in [0.4, 0.5) is 15.2 Å². The fourth-order valence-electron chi connectivity index (χ4n) is 2.72. The lowest BCUT2D eigenvalue weighted by atomic mass is 10.2. The molecule has 33 heavy (non-hydrogen) atoms. The van der Waals surface area contributed by atoms with Gasteiger partial charge in [-0.25, -0.2) is 14.2 Å². The maximum atomic E-state index is 13.2. The minimum atomic E-state index is -0.633. The summed E-state index contributed by atoms with van der Waals surface area (Å²) in [5.41, 5.74) is 1.73. The van der Waals surface area contributed by atoms with Crippen molar-refractivity contribution in [2.24, 2.45) is 0 Å². The normalized spacial score (nSPS) is 11.8. The van der Waals surface area contributed by atoms with Gasteiger partial charge in [-0.2, -0.15) is 4.98 Å². The molecule has 0 radical (unpaired) electrons. The van der Waals surface area contributed by atoms with Crippen LogP contribution in [0.3, 0.4) is 0 Å². The van der Waals surface area contributed by atoms with Gasteiger partial charge in [0.2, 0.25) is 5.88 Å². The topological polar surface area (TPSA) is 108 Å². The molecule has 0 bridgehead atoms. The Bertz CT molecular complexity index is 1120. The van der Waals surface area contributed by atoms with Gasteiger partial charge in [-0.1, -0.05) is 0 Å². The highest BCUT2D eigenvalue weighted by atomic mass is 19.1. The quantitative estimate of drug-likeness (QED) is 0.479. The van der Waals surface area contributed by atoms with Crippen molar-refractivity contribution >= 4 is 23.2 Å². The molecule has 1 aromatic carbocycles. The van der Waals surface area contributed by atoms with E-state index in [2.05, 4.69) is 20.6 Å². The molecular formula is C23H27FN4O5. The first-order valence-electron chi connectivity index (χ1n) is 10.3. The van der Waals surface area contributed by atoms with E-state index in [0.717, 1.165) is 5.56 Å². The SMILES string of the molecule is COc1cc(CNc2nc3ccc(OC/C(=C\F)CNC(=O)OC(C)(C)C)cc3o2)ccn1.